The molecule has 0 aliphatic heterocycles. The number of sulfonamides is 1. The van der Waals surface area contributed by atoms with Crippen LogP contribution in [-0.4, -0.2) is 37.5 Å². The molecule has 0 unspecified atom stereocenters. The maximum atomic E-state index is 12.5. The third-order valence-corrected chi connectivity index (χ3v) is 5.39. The van der Waals surface area contributed by atoms with E-state index in [0.717, 1.165) is 0 Å². The molecule has 0 fully saturated rings. The Morgan fingerprint density at radius 1 is 1.28 bits per heavy atom. The van der Waals surface area contributed by atoms with Crippen LogP contribution in [0.15, 0.2) is 29.2 Å². The summed E-state index contributed by atoms with van der Waals surface area (Å²) >= 11 is 0. The average molecular weight is 366 g/mol. The standard InChI is InChI=1S/C17H22N2O5S/c1-4-10-18-25(23,24)14-9-7-8-13(11-14)16(22)19-17(5-2,6-3)12-15(20)21/h1,7-9,11,18H,5-6,10,12H2,2-3H3,(H,19,22)(H,20,21). The highest BCUT2D eigenvalue weighted by atomic mass is 32.2. The Labute approximate surface area is 147 Å². The minimum Gasteiger partial charge on any atom is -0.481 e. The number of carbonyl (C=O) groups excluding carboxylic acids is 1. The molecular weight excluding hydrogens is 344 g/mol. The molecule has 1 rings (SSSR count). The second-order valence-electron chi connectivity index (χ2n) is 5.57. The SMILES string of the molecule is C#CCNS(=O)(=O)c1cccc(C(=O)NC(CC)(CC)CC(=O)O)c1. The highest BCUT2D eigenvalue weighted by molar-refractivity contribution is 7.89. The molecule has 3 N–H and O–H groups in total. The molecular formula is C17H22N2O5S. The van der Waals surface area contributed by atoms with Crippen molar-refractivity contribution >= 4 is 21.9 Å². The minimum absolute atomic E-state index is 0.0905. The van der Waals surface area contributed by atoms with Crippen LogP contribution in [0.4, 0.5) is 0 Å². The summed E-state index contributed by atoms with van der Waals surface area (Å²) in [6.07, 6.45) is 5.70. The smallest absolute Gasteiger partial charge is 0.305 e. The Kier molecular flexibility index (Phi) is 7.15. The molecule has 0 aromatic heterocycles. The second-order valence-corrected chi connectivity index (χ2v) is 7.34. The predicted octanol–water partition coefficient (Wildman–Crippen LogP) is 1.36. The van der Waals surface area contributed by atoms with Gasteiger partial charge in [-0.05, 0) is 31.0 Å². The van der Waals surface area contributed by atoms with Gasteiger partial charge in [-0.3, -0.25) is 9.59 Å². The third-order valence-electron chi connectivity index (χ3n) is 3.99. The zero-order valence-corrected chi connectivity index (χ0v) is 15.0. The molecule has 1 amide bonds. The van der Waals surface area contributed by atoms with Gasteiger partial charge in [0.25, 0.3) is 5.91 Å². The number of rotatable bonds is 9. The quantitative estimate of drug-likeness (QED) is 0.571. The lowest BCUT2D eigenvalue weighted by Crippen LogP contribution is -2.49. The van der Waals surface area contributed by atoms with Gasteiger partial charge in [-0.2, -0.15) is 4.72 Å². The van der Waals surface area contributed by atoms with Crippen LogP contribution >= 0.6 is 0 Å². The summed E-state index contributed by atoms with van der Waals surface area (Å²) in [5.41, 5.74) is -0.764. The molecule has 0 aliphatic rings. The lowest BCUT2D eigenvalue weighted by Gasteiger charge is -2.31. The fraction of sp³-hybridized carbons (Fsp3) is 0.412. The number of hydrogen-bond acceptors (Lipinski definition) is 4. The number of carboxylic acids is 1. The first kappa shape index (κ1) is 20.7. The van der Waals surface area contributed by atoms with Gasteiger partial charge in [0.1, 0.15) is 0 Å². The zero-order chi connectivity index (χ0) is 19.1. The normalized spacial score (nSPS) is 11.6. The van der Waals surface area contributed by atoms with E-state index in [1.165, 1.54) is 24.3 Å². The summed E-state index contributed by atoms with van der Waals surface area (Å²) in [4.78, 5) is 23.5. The van der Waals surface area contributed by atoms with Crippen LogP contribution in [0.1, 0.15) is 43.5 Å². The van der Waals surface area contributed by atoms with Crippen LogP contribution in [-0.2, 0) is 14.8 Å². The van der Waals surface area contributed by atoms with Crippen LogP contribution in [0.5, 0.6) is 0 Å². The lowest BCUT2D eigenvalue weighted by molar-refractivity contribution is -0.138. The van der Waals surface area contributed by atoms with Crippen molar-refractivity contribution in [3.8, 4) is 12.3 Å². The molecule has 8 heteroatoms. The summed E-state index contributed by atoms with van der Waals surface area (Å²) < 4.78 is 26.4. The number of benzene rings is 1. The van der Waals surface area contributed by atoms with E-state index in [1.807, 2.05) is 0 Å². The number of terminal acetylenes is 1. The maximum Gasteiger partial charge on any atom is 0.305 e. The van der Waals surface area contributed by atoms with Crippen LogP contribution in [0.3, 0.4) is 0 Å². The number of aliphatic carboxylic acids is 1. The van der Waals surface area contributed by atoms with Gasteiger partial charge in [0, 0.05) is 5.56 Å². The second kappa shape index (κ2) is 8.65. The Hall–Kier alpha value is -2.37. The van der Waals surface area contributed by atoms with Crippen LogP contribution < -0.4 is 10.0 Å². The molecule has 0 radical (unpaired) electrons. The van der Waals surface area contributed by atoms with Crippen molar-refractivity contribution in [2.45, 2.75) is 43.5 Å². The monoisotopic (exact) mass is 366 g/mol. The van der Waals surface area contributed by atoms with E-state index < -0.39 is 27.4 Å². The van der Waals surface area contributed by atoms with E-state index in [2.05, 4.69) is 16.0 Å². The Bertz CT molecular complexity index is 776. The molecule has 0 spiro atoms. The van der Waals surface area contributed by atoms with Crippen molar-refractivity contribution in [3.63, 3.8) is 0 Å². The van der Waals surface area contributed by atoms with Crippen molar-refractivity contribution < 1.29 is 23.1 Å². The van der Waals surface area contributed by atoms with Gasteiger partial charge in [-0.15, -0.1) is 6.42 Å². The van der Waals surface area contributed by atoms with Gasteiger partial charge in [0.2, 0.25) is 10.0 Å². The minimum atomic E-state index is -3.82. The molecule has 0 aliphatic carbocycles. The maximum absolute atomic E-state index is 12.5. The van der Waals surface area contributed by atoms with E-state index in [4.69, 9.17) is 11.5 Å². The van der Waals surface area contributed by atoms with E-state index in [1.54, 1.807) is 13.8 Å². The molecule has 1 aromatic rings. The van der Waals surface area contributed by atoms with E-state index in [-0.39, 0.29) is 23.4 Å². The molecule has 0 saturated heterocycles. The summed E-state index contributed by atoms with van der Waals surface area (Å²) in [7, 11) is -3.82. The predicted molar refractivity (Wildman–Crippen MR) is 93.5 cm³/mol. The molecule has 25 heavy (non-hydrogen) atoms. The van der Waals surface area contributed by atoms with Crippen molar-refractivity contribution in [2.75, 3.05) is 6.54 Å². The lowest BCUT2D eigenvalue weighted by atomic mass is 9.88. The van der Waals surface area contributed by atoms with E-state index in [0.29, 0.717) is 12.8 Å². The fourth-order valence-corrected chi connectivity index (χ4v) is 3.33. The molecule has 0 bridgehead atoms. The summed E-state index contributed by atoms with van der Waals surface area (Å²) in [6, 6.07) is 5.48. The van der Waals surface area contributed by atoms with Crippen molar-refractivity contribution in [1.82, 2.24) is 10.0 Å². The summed E-state index contributed by atoms with van der Waals surface area (Å²) in [5, 5.41) is 11.8. The number of carbonyl (C=O) groups is 2. The number of hydrogen-bond donors (Lipinski definition) is 3. The topological polar surface area (TPSA) is 113 Å². The molecule has 0 atom stereocenters. The number of amides is 1. The third kappa shape index (κ3) is 5.59. The van der Waals surface area contributed by atoms with Gasteiger partial charge < -0.3 is 10.4 Å². The first-order chi connectivity index (χ1) is 11.7. The highest BCUT2D eigenvalue weighted by Crippen LogP contribution is 2.21. The van der Waals surface area contributed by atoms with Crippen molar-refractivity contribution in [2.24, 2.45) is 0 Å². The van der Waals surface area contributed by atoms with Crippen LogP contribution in [0, 0.1) is 12.3 Å². The molecule has 7 nitrogen and oxygen atoms in total. The Balaban J connectivity index is 3.09. The highest BCUT2D eigenvalue weighted by Gasteiger charge is 2.31. The number of nitrogens with one attached hydrogen (secondary N) is 2. The molecule has 0 heterocycles. The van der Waals surface area contributed by atoms with Crippen LogP contribution in [0.25, 0.3) is 0 Å². The van der Waals surface area contributed by atoms with Gasteiger partial charge in [-0.25, -0.2) is 8.42 Å². The number of carboxylic acid groups (broad SMARTS) is 1. The van der Waals surface area contributed by atoms with Gasteiger partial charge in [0.05, 0.1) is 23.4 Å². The van der Waals surface area contributed by atoms with E-state index in [9.17, 15) is 18.0 Å². The first-order valence-electron chi connectivity index (χ1n) is 7.77. The molecule has 136 valence electrons. The van der Waals surface area contributed by atoms with E-state index >= 15 is 0 Å². The zero-order valence-electron chi connectivity index (χ0n) is 14.2. The van der Waals surface area contributed by atoms with Crippen molar-refractivity contribution in [1.29, 1.82) is 0 Å². The Morgan fingerprint density at radius 2 is 1.92 bits per heavy atom. The van der Waals surface area contributed by atoms with Gasteiger partial charge in [0.15, 0.2) is 0 Å². The Morgan fingerprint density at radius 3 is 2.44 bits per heavy atom. The first-order valence-corrected chi connectivity index (χ1v) is 9.25. The summed E-state index contributed by atoms with van der Waals surface area (Å²) in [6.45, 7) is 3.42. The van der Waals surface area contributed by atoms with Crippen LogP contribution in [0.2, 0.25) is 0 Å². The van der Waals surface area contributed by atoms with Crippen molar-refractivity contribution in [3.05, 3.63) is 29.8 Å². The largest absolute Gasteiger partial charge is 0.481 e. The fourth-order valence-electron chi connectivity index (χ4n) is 2.35. The molecule has 0 saturated carbocycles. The van der Waals surface area contributed by atoms with Gasteiger partial charge in [-0.1, -0.05) is 25.8 Å². The van der Waals surface area contributed by atoms with Gasteiger partial charge >= 0.3 is 5.97 Å². The average Bonchev–Trinajstić information content (AvgIpc) is 2.59. The summed E-state index contributed by atoms with van der Waals surface area (Å²) in [5.74, 6) is 0.627. The molecule has 1 aromatic carbocycles.